The molecule has 2 heterocycles. The lowest BCUT2D eigenvalue weighted by molar-refractivity contribution is -0.120. The van der Waals surface area contributed by atoms with Crippen molar-refractivity contribution in [1.82, 2.24) is 25.0 Å². The molecule has 1 N–H and O–H groups in total. The number of piperidine rings is 1. The highest BCUT2D eigenvalue weighted by Gasteiger charge is 2.22. The maximum Gasteiger partial charge on any atom is 0.233 e. The zero-order chi connectivity index (χ0) is 19.9. The molecule has 2 aromatic rings. The van der Waals surface area contributed by atoms with Crippen LogP contribution in [0.2, 0.25) is 0 Å². The van der Waals surface area contributed by atoms with Crippen molar-refractivity contribution in [3.05, 3.63) is 41.7 Å². The van der Waals surface area contributed by atoms with Gasteiger partial charge in [0.05, 0.1) is 18.3 Å². The van der Waals surface area contributed by atoms with Crippen molar-refractivity contribution in [3.8, 4) is 0 Å². The van der Waals surface area contributed by atoms with E-state index in [0.29, 0.717) is 0 Å². The van der Waals surface area contributed by atoms with Crippen LogP contribution in [0.4, 0.5) is 0 Å². The Kier molecular flexibility index (Phi) is 7.50. The minimum Gasteiger partial charge on any atom is -0.353 e. The van der Waals surface area contributed by atoms with E-state index in [1.165, 1.54) is 36.6 Å². The minimum atomic E-state index is -0.219. The van der Waals surface area contributed by atoms with E-state index in [0.717, 1.165) is 37.2 Å². The van der Waals surface area contributed by atoms with E-state index in [9.17, 15) is 4.79 Å². The van der Waals surface area contributed by atoms with Gasteiger partial charge in [-0.2, -0.15) is 0 Å². The van der Waals surface area contributed by atoms with Gasteiger partial charge < -0.3 is 9.88 Å². The van der Waals surface area contributed by atoms with Crippen molar-refractivity contribution in [1.29, 1.82) is 0 Å². The van der Waals surface area contributed by atoms with Crippen LogP contribution in [-0.4, -0.2) is 50.0 Å². The van der Waals surface area contributed by atoms with Crippen LogP contribution < -0.4 is 5.32 Å². The first-order valence-electron chi connectivity index (χ1n) is 10.2. The van der Waals surface area contributed by atoms with E-state index in [-0.39, 0.29) is 17.2 Å². The van der Waals surface area contributed by atoms with Crippen molar-refractivity contribution in [2.45, 2.75) is 69.6 Å². The largest absolute Gasteiger partial charge is 0.353 e. The molecule has 0 aliphatic carbocycles. The second kappa shape index (κ2) is 10.1. The van der Waals surface area contributed by atoms with Crippen molar-refractivity contribution < 1.29 is 4.79 Å². The first-order valence-corrected chi connectivity index (χ1v) is 11.1. The van der Waals surface area contributed by atoms with Crippen LogP contribution in [0, 0.1) is 0 Å². The van der Waals surface area contributed by atoms with E-state index in [1.807, 2.05) is 26.8 Å². The molecule has 0 spiro atoms. The molecule has 1 aliphatic heterocycles. The van der Waals surface area contributed by atoms with Crippen molar-refractivity contribution in [2.75, 3.05) is 13.1 Å². The maximum absolute atomic E-state index is 12.4. The van der Waals surface area contributed by atoms with Gasteiger partial charge in [0.15, 0.2) is 5.16 Å². The summed E-state index contributed by atoms with van der Waals surface area (Å²) in [6.07, 6.45) is 3.82. The van der Waals surface area contributed by atoms with Gasteiger partial charge in [-0.25, -0.2) is 0 Å². The summed E-state index contributed by atoms with van der Waals surface area (Å²) in [5, 5.41) is 12.5. The Labute approximate surface area is 172 Å². The first-order chi connectivity index (χ1) is 13.5. The second-order valence-electron chi connectivity index (χ2n) is 7.73. The predicted octanol–water partition coefficient (Wildman–Crippen LogP) is 3.32. The lowest BCUT2D eigenvalue weighted by Gasteiger charge is -2.26. The molecule has 28 heavy (non-hydrogen) atoms. The Bertz CT molecular complexity index is 755. The van der Waals surface area contributed by atoms with Gasteiger partial charge in [0.1, 0.15) is 5.82 Å². The van der Waals surface area contributed by atoms with E-state index in [4.69, 9.17) is 0 Å². The van der Waals surface area contributed by atoms with Crippen LogP contribution in [0.1, 0.15) is 51.4 Å². The highest BCUT2D eigenvalue weighted by molar-refractivity contribution is 8.00. The summed E-state index contributed by atoms with van der Waals surface area (Å²) in [4.78, 5) is 14.8. The Morgan fingerprint density at radius 2 is 1.79 bits per heavy atom. The quantitative estimate of drug-likeness (QED) is 0.688. The Hall–Kier alpha value is -1.86. The normalized spacial score (nSPS) is 16.3. The molecule has 1 aromatic carbocycles. The van der Waals surface area contributed by atoms with Crippen LogP contribution >= 0.6 is 11.8 Å². The molecule has 1 amide bonds. The van der Waals surface area contributed by atoms with Gasteiger partial charge >= 0.3 is 0 Å². The fourth-order valence-electron chi connectivity index (χ4n) is 3.38. The maximum atomic E-state index is 12.4. The lowest BCUT2D eigenvalue weighted by Crippen LogP contribution is -2.36. The van der Waals surface area contributed by atoms with Crippen LogP contribution in [0.15, 0.2) is 35.5 Å². The molecule has 0 radical (unpaired) electrons. The SMILES string of the molecule is CC(C)NC(=O)C(C)Sc1nnc(CN2CCCCC2)n1Cc1ccccc1. The molecular formula is C21H31N5OS. The number of hydrogen-bond donors (Lipinski definition) is 1. The van der Waals surface area contributed by atoms with E-state index < -0.39 is 0 Å². The number of carbonyl (C=O) groups excluding carboxylic acids is 1. The molecule has 1 atom stereocenters. The number of nitrogens with zero attached hydrogens (tertiary/aromatic N) is 4. The molecular weight excluding hydrogens is 370 g/mol. The van der Waals surface area contributed by atoms with E-state index in [2.05, 4.69) is 49.2 Å². The summed E-state index contributed by atoms with van der Waals surface area (Å²) in [7, 11) is 0. The molecule has 1 aliphatic rings. The summed E-state index contributed by atoms with van der Waals surface area (Å²) in [6.45, 7) is 9.65. The molecule has 1 fully saturated rings. The number of likely N-dealkylation sites (tertiary alicyclic amines) is 1. The van der Waals surface area contributed by atoms with Crippen molar-refractivity contribution in [3.63, 3.8) is 0 Å². The fourth-order valence-corrected chi connectivity index (χ4v) is 4.26. The third-order valence-electron chi connectivity index (χ3n) is 4.87. The number of hydrogen-bond acceptors (Lipinski definition) is 5. The van der Waals surface area contributed by atoms with Gasteiger partial charge in [0.2, 0.25) is 5.91 Å². The van der Waals surface area contributed by atoms with Crippen LogP contribution in [0.25, 0.3) is 0 Å². The number of benzene rings is 1. The summed E-state index contributed by atoms with van der Waals surface area (Å²) in [5.41, 5.74) is 1.21. The van der Waals surface area contributed by atoms with Gasteiger partial charge in [-0.05, 0) is 52.3 Å². The Balaban J connectivity index is 1.79. The zero-order valence-electron chi connectivity index (χ0n) is 17.1. The summed E-state index contributed by atoms with van der Waals surface area (Å²) in [5.74, 6) is 1.01. The Morgan fingerprint density at radius 3 is 2.46 bits per heavy atom. The standard InChI is InChI=1S/C21H31N5OS/c1-16(2)22-20(27)17(3)28-21-24-23-19(15-25-12-8-5-9-13-25)26(21)14-18-10-6-4-7-11-18/h4,6-7,10-11,16-17H,5,8-9,12-15H2,1-3H3,(H,22,27). The predicted molar refractivity (Wildman–Crippen MR) is 113 cm³/mol. The first kappa shape index (κ1) is 20.9. The van der Waals surface area contributed by atoms with Gasteiger partial charge in [0.25, 0.3) is 0 Å². The molecule has 1 aromatic heterocycles. The van der Waals surface area contributed by atoms with Gasteiger partial charge in [-0.1, -0.05) is 48.5 Å². The van der Waals surface area contributed by atoms with Crippen LogP contribution in [0.5, 0.6) is 0 Å². The van der Waals surface area contributed by atoms with E-state index in [1.54, 1.807) is 0 Å². The van der Waals surface area contributed by atoms with Crippen LogP contribution in [-0.2, 0) is 17.9 Å². The van der Waals surface area contributed by atoms with Crippen molar-refractivity contribution >= 4 is 17.7 Å². The number of thioether (sulfide) groups is 1. The number of aromatic nitrogens is 3. The number of rotatable bonds is 8. The zero-order valence-corrected chi connectivity index (χ0v) is 17.9. The second-order valence-corrected chi connectivity index (χ2v) is 9.04. The molecule has 3 rings (SSSR count). The fraction of sp³-hybridized carbons (Fsp3) is 0.571. The molecule has 1 saturated heterocycles. The van der Waals surface area contributed by atoms with Gasteiger partial charge in [-0.15, -0.1) is 10.2 Å². The third kappa shape index (κ3) is 5.82. The number of carbonyl (C=O) groups is 1. The van der Waals surface area contributed by atoms with Gasteiger partial charge in [0, 0.05) is 6.04 Å². The lowest BCUT2D eigenvalue weighted by atomic mass is 10.1. The summed E-state index contributed by atoms with van der Waals surface area (Å²) >= 11 is 1.48. The number of nitrogens with one attached hydrogen (secondary N) is 1. The monoisotopic (exact) mass is 401 g/mol. The van der Waals surface area contributed by atoms with Crippen LogP contribution in [0.3, 0.4) is 0 Å². The molecule has 7 heteroatoms. The minimum absolute atomic E-state index is 0.0341. The summed E-state index contributed by atoms with van der Waals surface area (Å²) in [6, 6.07) is 10.5. The van der Waals surface area contributed by atoms with E-state index >= 15 is 0 Å². The Morgan fingerprint density at radius 1 is 1.07 bits per heavy atom. The number of amides is 1. The molecule has 6 nitrogen and oxygen atoms in total. The van der Waals surface area contributed by atoms with Gasteiger partial charge in [-0.3, -0.25) is 9.69 Å². The van der Waals surface area contributed by atoms with Crippen molar-refractivity contribution in [2.24, 2.45) is 0 Å². The molecule has 1 unspecified atom stereocenters. The summed E-state index contributed by atoms with van der Waals surface area (Å²) < 4.78 is 2.17. The smallest absolute Gasteiger partial charge is 0.233 e. The molecule has 0 bridgehead atoms. The topological polar surface area (TPSA) is 63.1 Å². The average Bonchev–Trinajstić information content (AvgIpc) is 3.04. The third-order valence-corrected chi connectivity index (χ3v) is 5.95. The average molecular weight is 402 g/mol. The molecule has 0 saturated carbocycles. The molecule has 152 valence electrons. The highest BCUT2D eigenvalue weighted by Crippen LogP contribution is 2.24. The highest BCUT2D eigenvalue weighted by atomic mass is 32.2.